The van der Waals surface area contributed by atoms with Gasteiger partial charge in [0.2, 0.25) is 0 Å². The van der Waals surface area contributed by atoms with Gasteiger partial charge in [-0.25, -0.2) is 0 Å². The molecule has 0 saturated carbocycles. The first-order valence-corrected chi connectivity index (χ1v) is 7.02. The van der Waals surface area contributed by atoms with Gasteiger partial charge in [-0.15, -0.1) is 0 Å². The standard InChI is InChI=1S/C15H20N4O/c1-16-10-15(20)5-2-8-19(11-15)14-4-7-18-13-3-6-17-9-12(13)14/h3-4,6-7,9,16,20H,2,5,8,10-11H2,1H3. The molecule has 106 valence electrons. The average Bonchev–Trinajstić information content (AvgIpc) is 2.46. The molecular formula is C15H20N4O. The van der Waals surface area contributed by atoms with E-state index in [-0.39, 0.29) is 0 Å². The number of hydrogen-bond acceptors (Lipinski definition) is 5. The van der Waals surface area contributed by atoms with Crippen LogP contribution in [0, 0.1) is 0 Å². The number of rotatable bonds is 3. The Morgan fingerprint density at radius 2 is 2.30 bits per heavy atom. The third-order valence-electron chi connectivity index (χ3n) is 3.92. The molecule has 1 aliphatic rings. The summed E-state index contributed by atoms with van der Waals surface area (Å²) in [5.41, 5.74) is 1.39. The number of anilines is 1. The highest BCUT2D eigenvalue weighted by Gasteiger charge is 2.33. The van der Waals surface area contributed by atoms with Crippen molar-refractivity contribution in [3.8, 4) is 0 Å². The molecule has 2 aromatic rings. The van der Waals surface area contributed by atoms with E-state index in [2.05, 4.69) is 20.2 Å². The normalized spacial score (nSPS) is 23.2. The number of aromatic nitrogens is 2. The summed E-state index contributed by atoms with van der Waals surface area (Å²) in [5, 5.41) is 14.8. The van der Waals surface area contributed by atoms with Gasteiger partial charge in [0.1, 0.15) is 0 Å². The summed E-state index contributed by atoms with van der Waals surface area (Å²) in [7, 11) is 1.88. The minimum atomic E-state index is -0.662. The van der Waals surface area contributed by atoms with E-state index in [1.54, 1.807) is 6.20 Å². The van der Waals surface area contributed by atoms with E-state index < -0.39 is 5.60 Å². The summed E-state index contributed by atoms with van der Waals surface area (Å²) < 4.78 is 0. The predicted octanol–water partition coefficient (Wildman–Crippen LogP) is 1.18. The molecule has 3 rings (SSSR count). The number of likely N-dealkylation sites (N-methyl/N-ethyl adjacent to an activating group) is 1. The Bertz CT molecular complexity index is 594. The number of pyridine rings is 2. The van der Waals surface area contributed by atoms with Crippen LogP contribution in [0.4, 0.5) is 5.69 Å². The number of aliphatic hydroxyl groups is 1. The summed E-state index contributed by atoms with van der Waals surface area (Å²) >= 11 is 0. The van der Waals surface area contributed by atoms with Crippen molar-refractivity contribution in [1.82, 2.24) is 15.3 Å². The van der Waals surface area contributed by atoms with Crippen LogP contribution in [0.25, 0.3) is 10.9 Å². The Kier molecular flexibility index (Phi) is 3.54. The van der Waals surface area contributed by atoms with Gasteiger partial charge >= 0.3 is 0 Å². The molecule has 20 heavy (non-hydrogen) atoms. The minimum Gasteiger partial charge on any atom is -0.387 e. The van der Waals surface area contributed by atoms with Crippen molar-refractivity contribution < 1.29 is 5.11 Å². The van der Waals surface area contributed by atoms with Crippen LogP contribution < -0.4 is 10.2 Å². The first-order valence-electron chi connectivity index (χ1n) is 7.02. The van der Waals surface area contributed by atoms with Crippen molar-refractivity contribution in [2.45, 2.75) is 18.4 Å². The fourth-order valence-electron chi connectivity index (χ4n) is 3.04. The van der Waals surface area contributed by atoms with Crippen molar-refractivity contribution in [1.29, 1.82) is 0 Å². The third kappa shape index (κ3) is 2.46. The maximum Gasteiger partial charge on any atom is 0.0945 e. The number of hydrogen-bond donors (Lipinski definition) is 2. The molecule has 0 radical (unpaired) electrons. The molecule has 0 bridgehead atoms. The number of β-amino-alcohol motifs (C(OH)–C–C–N with tert-alkyl or cyclic N) is 1. The van der Waals surface area contributed by atoms with E-state index in [9.17, 15) is 5.11 Å². The molecule has 0 aromatic carbocycles. The van der Waals surface area contributed by atoms with Gasteiger partial charge in [0, 0.05) is 49.3 Å². The zero-order valence-corrected chi connectivity index (χ0v) is 11.7. The van der Waals surface area contributed by atoms with Crippen molar-refractivity contribution in [3.05, 3.63) is 30.7 Å². The molecule has 1 aliphatic heterocycles. The van der Waals surface area contributed by atoms with Gasteiger partial charge in [-0.05, 0) is 32.0 Å². The lowest BCUT2D eigenvalue weighted by Gasteiger charge is -2.40. The van der Waals surface area contributed by atoms with E-state index in [1.165, 1.54) is 0 Å². The van der Waals surface area contributed by atoms with E-state index >= 15 is 0 Å². The molecule has 0 amide bonds. The molecule has 1 fully saturated rings. The Balaban J connectivity index is 1.94. The molecule has 0 aliphatic carbocycles. The van der Waals surface area contributed by atoms with E-state index in [1.807, 2.05) is 31.6 Å². The van der Waals surface area contributed by atoms with Gasteiger partial charge in [-0.2, -0.15) is 0 Å². The fourth-order valence-corrected chi connectivity index (χ4v) is 3.04. The van der Waals surface area contributed by atoms with Crippen LogP contribution in [0.15, 0.2) is 30.7 Å². The first-order chi connectivity index (χ1) is 9.72. The van der Waals surface area contributed by atoms with Crippen LogP contribution >= 0.6 is 0 Å². The smallest absolute Gasteiger partial charge is 0.0945 e. The van der Waals surface area contributed by atoms with Crippen LogP contribution in [-0.4, -0.2) is 47.4 Å². The molecule has 1 atom stereocenters. The monoisotopic (exact) mass is 272 g/mol. The third-order valence-corrected chi connectivity index (χ3v) is 3.92. The van der Waals surface area contributed by atoms with Gasteiger partial charge in [0.05, 0.1) is 11.1 Å². The largest absolute Gasteiger partial charge is 0.387 e. The molecular weight excluding hydrogens is 252 g/mol. The number of piperidine rings is 1. The highest BCUT2D eigenvalue weighted by Crippen LogP contribution is 2.30. The molecule has 1 saturated heterocycles. The lowest BCUT2D eigenvalue weighted by atomic mass is 9.92. The lowest BCUT2D eigenvalue weighted by molar-refractivity contribution is 0.0282. The van der Waals surface area contributed by atoms with E-state index in [0.717, 1.165) is 36.0 Å². The molecule has 0 spiro atoms. The number of nitrogens with zero attached hydrogens (tertiary/aromatic N) is 3. The van der Waals surface area contributed by atoms with Gasteiger partial charge in [0.15, 0.2) is 0 Å². The second-order valence-electron chi connectivity index (χ2n) is 5.50. The van der Waals surface area contributed by atoms with Gasteiger partial charge in [-0.1, -0.05) is 0 Å². The summed E-state index contributed by atoms with van der Waals surface area (Å²) in [6, 6.07) is 3.93. The van der Waals surface area contributed by atoms with Crippen LogP contribution in [0.2, 0.25) is 0 Å². The van der Waals surface area contributed by atoms with Crippen LogP contribution in [0.3, 0.4) is 0 Å². The number of fused-ring (bicyclic) bond motifs is 1. The Hall–Kier alpha value is -1.72. The molecule has 2 aromatic heterocycles. The SMILES string of the molecule is CNCC1(O)CCCN(c2ccnc3ccncc23)C1. The van der Waals surface area contributed by atoms with Crippen molar-refractivity contribution in [2.24, 2.45) is 0 Å². The predicted molar refractivity (Wildman–Crippen MR) is 79.9 cm³/mol. The second-order valence-corrected chi connectivity index (χ2v) is 5.50. The van der Waals surface area contributed by atoms with Gasteiger partial charge in [-0.3, -0.25) is 9.97 Å². The average molecular weight is 272 g/mol. The molecule has 2 N–H and O–H groups in total. The Labute approximate surface area is 118 Å². The lowest BCUT2D eigenvalue weighted by Crippen LogP contribution is -2.53. The maximum atomic E-state index is 10.6. The fraction of sp³-hybridized carbons (Fsp3) is 0.467. The summed E-state index contributed by atoms with van der Waals surface area (Å²) in [5.74, 6) is 0. The number of nitrogens with one attached hydrogen (secondary N) is 1. The highest BCUT2D eigenvalue weighted by molar-refractivity contribution is 5.90. The minimum absolute atomic E-state index is 0.616. The van der Waals surface area contributed by atoms with Gasteiger partial charge < -0.3 is 15.3 Å². The zero-order valence-electron chi connectivity index (χ0n) is 11.7. The highest BCUT2D eigenvalue weighted by atomic mass is 16.3. The topological polar surface area (TPSA) is 61.3 Å². The van der Waals surface area contributed by atoms with Gasteiger partial charge in [0.25, 0.3) is 0 Å². The first kappa shape index (κ1) is 13.3. The molecule has 5 heteroatoms. The Morgan fingerprint density at radius 1 is 1.40 bits per heavy atom. The Morgan fingerprint density at radius 3 is 3.15 bits per heavy atom. The second kappa shape index (κ2) is 5.34. The quantitative estimate of drug-likeness (QED) is 0.878. The zero-order chi connectivity index (χ0) is 14.0. The maximum absolute atomic E-state index is 10.6. The van der Waals surface area contributed by atoms with E-state index in [4.69, 9.17) is 0 Å². The van der Waals surface area contributed by atoms with Crippen LogP contribution in [0.1, 0.15) is 12.8 Å². The van der Waals surface area contributed by atoms with Crippen LogP contribution in [-0.2, 0) is 0 Å². The van der Waals surface area contributed by atoms with E-state index in [0.29, 0.717) is 13.1 Å². The summed E-state index contributed by atoms with van der Waals surface area (Å²) in [4.78, 5) is 10.8. The van der Waals surface area contributed by atoms with Crippen LogP contribution in [0.5, 0.6) is 0 Å². The van der Waals surface area contributed by atoms with Crippen molar-refractivity contribution >= 4 is 16.6 Å². The molecule has 5 nitrogen and oxygen atoms in total. The summed E-state index contributed by atoms with van der Waals surface area (Å²) in [6.07, 6.45) is 7.26. The summed E-state index contributed by atoms with van der Waals surface area (Å²) in [6.45, 7) is 2.21. The molecule has 1 unspecified atom stereocenters. The van der Waals surface area contributed by atoms with Crippen molar-refractivity contribution in [3.63, 3.8) is 0 Å². The van der Waals surface area contributed by atoms with Crippen molar-refractivity contribution in [2.75, 3.05) is 31.6 Å². The molecule has 3 heterocycles.